The molecule has 6 nitrogen and oxygen atoms in total. The van der Waals surface area contributed by atoms with Gasteiger partial charge in [-0.3, -0.25) is 9.59 Å². The van der Waals surface area contributed by atoms with Gasteiger partial charge in [0.15, 0.2) is 0 Å². The minimum Gasteiger partial charge on any atom is -0.342 e. The van der Waals surface area contributed by atoms with Crippen LogP contribution in [0.5, 0.6) is 0 Å². The third-order valence-corrected chi connectivity index (χ3v) is 5.15. The van der Waals surface area contributed by atoms with Crippen molar-refractivity contribution in [1.82, 2.24) is 14.5 Å². The van der Waals surface area contributed by atoms with E-state index >= 15 is 0 Å². The summed E-state index contributed by atoms with van der Waals surface area (Å²) in [6.07, 6.45) is 2.29. The average molecular weight is 397 g/mol. The molecule has 1 saturated heterocycles. The van der Waals surface area contributed by atoms with Crippen LogP contribution in [0.3, 0.4) is 0 Å². The highest BCUT2D eigenvalue weighted by Gasteiger charge is 2.22. The zero-order valence-electron chi connectivity index (χ0n) is 15.4. The number of hydrogen-bond donors (Lipinski definition) is 1. The SMILES string of the molecule is O=C(Cn1c(CC(=O)N2CCCC2)nc2ccccc21)Nc1cccc(Cl)c1. The molecule has 7 heteroatoms. The number of rotatable bonds is 5. The number of nitrogens with one attached hydrogen (secondary N) is 1. The highest BCUT2D eigenvalue weighted by molar-refractivity contribution is 6.30. The van der Waals surface area contributed by atoms with Crippen molar-refractivity contribution in [3.63, 3.8) is 0 Å². The van der Waals surface area contributed by atoms with Crippen molar-refractivity contribution in [3.8, 4) is 0 Å². The Morgan fingerprint density at radius 3 is 2.64 bits per heavy atom. The van der Waals surface area contributed by atoms with Crippen molar-refractivity contribution in [2.24, 2.45) is 0 Å². The second-order valence-corrected chi connectivity index (χ2v) is 7.36. The molecule has 2 heterocycles. The predicted molar refractivity (Wildman–Crippen MR) is 109 cm³/mol. The zero-order valence-corrected chi connectivity index (χ0v) is 16.2. The monoisotopic (exact) mass is 396 g/mol. The molecule has 4 rings (SSSR count). The molecule has 0 saturated carbocycles. The van der Waals surface area contributed by atoms with Crippen LogP contribution in [0.2, 0.25) is 5.02 Å². The second kappa shape index (κ2) is 8.02. The van der Waals surface area contributed by atoms with Crippen LogP contribution in [0.4, 0.5) is 5.69 Å². The summed E-state index contributed by atoms with van der Waals surface area (Å²) in [5.41, 5.74) is 2.26. The molecule has 1 aliphatic heterocycles. The van der Waals surface area contributed by atoms with Gasteiger partial charge in [0.1, 0.15) is 12.4 Å². The summed E-state index contributed by atoms with van der Waals surface area (Å²) in [6.45, 7) is 1.68. The van der Waals surface area contributed by atoms with Gasteiger partial charge in [0.2, 0.25) is 11.8 Å². The molecule has 144 valence electrons. The van der Waals surface area contributed by atoms with E-state index in [2.05, 4.69) is 10.3 Å². The van der Waals surface area contributed by atoms with Gasteiger partial charge < -0.3 is 14.8 Å². The van der Waals surface area contributed by atoms with Gasteiger partial charge in [0, 0.05) is 23.8 Å². The Morgan fingerprint density at radius 2 is 1.86 bits per heavy atom. The standard InChI is InChI=1S/C21H21ClN4O2/c22-15-6-5-7-16(12-15)23-20(27)14-26-18-9-2-1-8-17(18)24-19(26)13-21(28)25-10-3-4-11-25/h1-2,5-9,12H,3-4,10-11,13-14H2,(H,23,27). The summed E-state index contributed by atoms with van der Waals surface area (Å²) in [4.78, 5) is 31.7. The van der Waals surface area contributed by atoms with Gasteiger partial charge in [-0.2, -0.15) is 0 Å². The Labute approximate surface area is 168 Å². The Hall–Kier alpha value is -2.86. The summed E-state index contributed by atoms with van der Waals surface area (Å²) < 4.78 is 1.82. The Balaban J connectivity index is 1.57. The van der Waals surface area contributed by atoms with Crippen LogP contribution in [-0.4, -0.2) is 39.4 Å². The van der Waals surface area contributed by atoms with E-state index in [4.69, 9.17) is 11.6 Å². The van der Waals surface area contributed by atoms with Gasteiger partial charge in [-0.15, -0.1) is 0 Å². The van der Waals surface area contributed by atoms with Crippen LogP contribution < -0.4 is 5.32 Å². The fourth-order valence-electron chi connectivity index (χ4n) is 3.56. The van der Waals surface area contributed by atoms with Gasteiger partial charge in [-0.1, -0.05) is 29.8 Å². The van der Waals surface area contributed by atoms with E-state index in [1.165, 1.54) is 0 Å². The van der Waals surface area contributed by atoms with Crippen LogP contribution >= 0.6 is 11.6 Å². The van der Waals surface area contributed by atoms with Crippen LogP contribution in [0, 0.1) is 0 Å². The smallest absolute Gasteiger partial charge is 0.244 e. The highest BCUT2D eigenvalue weighted by Crippen LogP contribution is 2.19. The molecule has 0 radical (unpaired) electrons. The van der Waals surface area contributed by atoms with Gasteiger partial charge in [-0.05, 0) is 43.2 Å². The number of amides is 2. The van der Waals surface area contributed by atoms with Crippen molar-refractivity contribution in [2.45, 2.75) is 25.8 Å². The van der Waals surface area contributed by atoms with E-state index in [1.807, 2.05) is 33.7 Å². The molecule has 0 unspecified atom stereocenters. The number of nitrogens with zero attached hydrogens (tertiary/aromatic N) is 3. The van der Waals surface area contributed by atoms with Crippen LogP contribution in [-0.2, 0) is 22.6 Å². The summed E-state index contributed by atoms with van der Waals surface area (Å²) >= 11 is 5.99. The van der Waals surface area contributed by atoms with E-state index in [1.54, 1.807) is 24.3 Å². The first kappa shape index (κ1) is 18.5. The summed E-state index contributed by atoms with van der Waals surface area (Å²) in [6, 6.07) is 14.6. The summed E-state index contributed by atoms with van der Waals surface area (Å²) in [5, 5.41) is 3.41. The van der Waals surface area contributed by atoms with Crippen molar-refractivity contribution in [1.29, 1.82) is 0 Å². The fourth-order valence-corrected chi connectivity index (χ4v) is 3.75. The molecule has 1 aromatic heterocycles. The second-order valence-electron chi connectivity index (χ2n) is 6.93. The van der Waals surface area contributed by atoms with Crippen molar-refractivity contribution in [3.05, 3.63) is 59.4 Å². The number of imidazole rings is 1. The minimum absolute atomic E-state index is 0.0595. The number of carbonyl (C=O) groups excluding carboxylic acids is 2. The Kier molecular flexibility index (Phi) is 5.30. The maximum absolute atomic E-state index is 12.6. The maximum atomic E-state index is 12.6. The maximum Gasteiger partial charge on any atom is 0.244 e. The molecule has 1 N–H and O–H groups in total. The van der Waals surface area contributed by atoms with E-state index in [0.29, 0.717) is 16.5 Å². The Bertz CT molecular complexity index is 1020. The molecule has 28 heavy (non-hydrogen) atoms. The number of fused-ring (bicyclic) bond motifs is 1. The van der Waals surface area contributed by atoms with Crippen molar-refractivity contribution in [2.75, 3.05) is 18.4 Å². The fraction of sp³-hybridized carbons (Fsp3) is 0.286. The number of likely N-dealkylation sites (tertiary alicyclic amines) is 1. The number of hydrogen-bond acceptors (Lipinski definition) is 3. The van der Waals surface area contributed by atoms with E-state index < -0.39 is 0 Å². The first-order valence-electron chi connectivity index (χ1n) is 9.37. The zero-order chi connectivity index (χ0) is 19.5. The van der Waals surface area contributed by atoms with Crippen LogP contribution in [0.25, 0.3) is 11.0 Å². The van der Waals surface area contributed by atoms with Gasteiger partial charge in [0.05, 0.1) is 17.5 Å². The van der Waals surface area contributed by atoms with Crippen LogP contribution in [0.1, 0.15) is 18.7 Å². The minimum atomic E-state index is -0.194. The third-order valence-electron chi connectivity index (χ3n) is 4.91. The number of para-hydroxylation sites is 2. The number of halogens is 1. The normalized spacial score (nSPS) is 13.8. The Morgan fingerprint density at radius 1 is 1.07 bits per heavy atom. The molecule has 2 aromatic carbocycles. The average Bonchev–Trinajstić information content (AvgIpc) is 3.31. The van der Waals surface area contributed by atoms with Gasteiger partial charge >= 0.3 is 0 Å². The molecule has 0 atom stereocenters. The predicted octanol–water partition coefficient (Wildman–Crippen LogP) is 3.49. The first-order chi connectivity index (χ1) is 13.6. The molecule has 0 spiro atoms. The lowest BCUT2D eigenvalue weighted by Gasteiger charge is -2.16. The van der Waals surface area contributed by atoms with E-state index in [-0.39, 0.29) is 24.8 Å². The lowest BCUT2D eigenvalue weighted by Crippen LogP contribution is -2.30. The molecule has 1 aliphatic rings. The number of carbonyl (C=O) groups is 2. The first-order valence-corrected chi connectivity index (χ1v) is 9.75. The van der Waals surface area contributed by atoms with Gasteiger partial charge in [-0.25, -0.2) is 4.98 Å². The van der Waals surface area contributed by atoms with E-state index in [0.717, 1.165) is 37.0 Å². The third kappa shape index (κ3) is 4.02. The lowest BCUT2D eigenvalue weighted by atomic mass is 10.3. The number of aromatic nitrogens is 2. The molecule has 3 aromatic rings. The molecule has 0 bridgehead atoms. The number of anilines is 1. The molecular weight excluding hydrogens is 376 g/mol. The number of benzene rings is 2. The molecule has 0 aliphatic carbocycles. The lowest BCUT2D eigenvalue weighted by molar-refractivity contribution is -0.129. The molecule has 2 amide bonds. The largest absolute Gasteiger partial charge is 0.342 e. The summed E-state index contributed by atoms with van der Waals surface area (Å²) in [5.74, 6) is 0.476. The van der Waals surface area contributed by atoms with Crippen LogP contribution in [0.15, 0.2) is 48.5 Å². The van der Waals surface area contributed by atoms with Gasteiger partial charge in [0.25, 0.3) is 0 Å². The molecule has 1 fully saturated rings. The van der Waals surface area contributed by atoms with Crippen molar-refractivity contribution < 1.29 is 9.59 Å². The van der Waals surface area contributed by atoms with Crippen molar-refractivity contribution >= 4 is 40.1 Å². The highest BCUT2D eigenvalue weighted by atomic mass is 35.5. The summed E-state index contributed by atoms with van der Waals surface area (Å²) in [7, 11) is 0. The molecular formula is C21H21ClN4O2. The topological polar surface area (TPSA) is 67.2 Å². The quantitative estimate of drug-likeness (QED) is 0.717. The van der Waals surface area contributed by atoms with E-state index in [9.17, 15) is 9.59 Å².